The van der Waals surface area contributed by atoms with E-state index in [0.29, 0.717) is 10.8 Å². The molecule has 2 atom stereocenters. The second-order valence-electron chi connectivity index (χ2n) is 8.70. The number of nitrogens with zero attached hydrogens (tertiary/aromatic N) is 1. The number of anilines is 1. The highest BCUT2D eigenvalue weighted by atomic mass is 32.1. The van der Waals surface area contributed by atoms with Crippen LogP contribution in [-0.2, 0) is 6.42 Å². The van der Waals surface area contributed by atoms with Crippen molar-refractivity contribution in [2.75, 3.05) is 11.9 Å². The third-order valence-electron chi connectivity index (χ3n) is 6.56. The molecule has 2 unspecified atom stereocenters. The summed E-state index contributed by atoms with van der Waals surface area (Å²) in [4.78, 5) is 17.9. The van der Waals surface area contributed by atoms with E-state index < -0.39 is 5.91 Å². The minimum atomic E-state index is -0.404. The van der Waals surface area contributed by atoms with Gasteiger partial charge in [0.25, 0.3) is 5.91 Å². The molecule has 4 heterocycles. The molecule has 0 radical (unpaired) electrons. The highest BCUT2D eigenvalue weighted by molar-refractivity contribution is 7.21. The first-order valence-corrected chi connectivity index (χ1v) is 11.7. The minimum absolute atomic E-state index is 0.404. The monoisotopic (exact) mass is 420 g/mol. The fraction of sp³-hybridized carbons (Fsp3) is 0.417. The maximum atomic E-state index is 11.9. The Morgan fingerprint density at radius 2 is 1.90 bits per heavy atom. The van der Waals surface area contributed by atoms with E-state index in [-0.39, 0.29) is 0 Å². The fourth-order valence-corrected chi connectivity index (χ4v) is 6.09. The van der Waals surface area contributed by atoms with Crippen molar-refractivity contribution in [2.24, 2.45) is 5.73 Å². The molecule has 5 rings (SSSR count). The average Bonchev–Trinajstić information content (AvgIpc) is 3.27. The number of hydrogen-bond donors (Lipinski definition) is 3. The summed E-state index contributed by atoms with van der Waals surface area (Å²) in [6.07, 6.45) is 6.11. The molecule has 0 aliphatic carbocycles. The molecule has 3 aromatic rings. The molecule has 1 aromatic carbocycles. The molecule has 156 valence electrons. The van der Waals surface area contributed by atoms with Gasteiger partial charge in [-0.25, -0.2) is 4.98 Å². The molecular formula is C24H28N4OS. The molecule has 5 nitrogen and oxygen atoms in total. The Labute approximate surface area is 181 Å². The second-order valence-corrected chi connectivity index (χ2v) is 9.70. The van der Waals surface area contributed by atoms with Gasteiger partial charge in [-0.05, 0) is 68.2 Å². The van der Waals surface area contributed by atoms with Gasteiger partial charge < -0.3 is 16.4 Å². The zero-order valence-corrected chi connectivity index (χ0v) is 18.1. The number of carbonyl (C=O) groups is 1. The fourth-order valence-electron chi connectivity index (χ4n) is 5.04. The lowest BCUT2D eigenvalue weighted by Crippen LogP contribution is -2.37. The number of thiophene rings is 1. The van der Waals surface area contributed by atoms with E-state index >= 15 is 0 Å². The number of pyridine rings is 1. The Morgan fingerprint density at radius 1 is 1.17 bits per heavy atom. The van der Waals surface area contributed by atoms with Crippen molar-refractivity contribution in [3.05, 3.63) is 58.1 Å². The summed E-state index contributed by atoms with van der Waals surface area (Å²) in [7, 11) is 0. The summed E-state index contributed by atoms with van der Waals surface area (Å²) in [5.74, 6) is 0.292. The van der Waals surface area contributed by atoms with E-state index in [1.165, 1.54) is 48.1 Å². The van der Waals surface area contributed by atoms with Gasteiger partial charge in [-0.2, -0.15) is 0 Å². The molecule has 30 heavy (non-hydrogen) atoms. The molecule has 0 saturated carbocycles. The summed E-state index contributed by atoms with van der Waals surface area (Å²) in [6, 6.07) is 14.6. The van der Waals surface area contributed by atoms with Gasteiger partial charge in [0.15, 0.2) is 0 Å². The van der Waals surface area contributed by atoms with E-state index in [2.05, 4.69) is 39.9 Å². The van der Waals surface area contributed by atoms with Crippen LogP contribution in [0, 0.1) is 6.92 Å². The molecule has 2 aliphatic heterocycles. The van der Waals surface area contributed by atoms with Crippen LogP contribution in [0.1, 0.15) is 58.1 Å². The minimum Gasteiger partial charge on any atom is -0.383 e. The molecular weight excluding hydrogens is 392 g/mol. The number of hydrogen-bond acceptors (Lipinski definition) is 5. The van der Waals surface area contributed by atoms with Crippen molar-refractivity contribution < 1.29 is 4.79 Å². The summed E-state index contributed by atoms with van der Waals surface area (Å²) < 4.78 is 0. The van der Waals surface area contributed by atoms with Crippen LogP contribution in [0.4, 0.5) is 5.69 Å². The van der Waals surface area contributed by atoms with Crippen LogP contribution in [0.2, 0.25) is 0 Å². The summed E-state index contributed by atoms with van der Waals surface area (Å²) in [5.41, 5.74) is 10.1. The number of primary amides is 1. The number of carbonyl (C=O) groups excluding carboxylic acids is 1. The number of aryl methyl sites for hydroxylation is 1. The lowest BCUT2D eigenvalue weighted by atomic mass is 9.86. The molecule has 2 fully saturated rings. The maximum Gasteiger partial charge on any atom is 0.261 e. The quantitative estimate of drug-likeness (QED) is 0.554. The molecule has 2 bridgehead atoms. The largest absolute Gasteiger partial charge is 0.383 e. The topological polar surface area (TPSA) is 80.0 Å². The maximum absolute atomic E-state index is 11.9. The average molecular weight is 421 g/mol. The number of aromatic nitrogens is 1. The third kappa shape index (κ3) is 3.82. The van der Waals surface area contributed by atoms with Crippen LogP contribution in [0.5, 0.6) is 0 Å². The first-order chi connectivity index (χ1) is 14.6. The molecule has 4 N–H and O–H groups in total. The molecule has 2 aromatic heterocycles. The van der Waals surface area contributed by atoms with Crippen LogP contribution in [0.3, 0.4) is 0 Å². The Balaban J connectivity index is 1.25. The first-order valence-electron chi connectivity index (χ1n) is 10.9. The number of nitrogens with two attached hydrogens (primary N) is 1. The Kier molecular flexibility index (Phi) is 5.21. The summed E-state index contributed by atoms with van der Waals surface area (Å²) in [6.45, 7) is 2.70. The zero-order valence-electron chi connectivity index (χ0n) is 17.3. The van der Waals surface area contributed by atoms with E-state index in [0.717, 1.165) is 46.6 Å². The number of piperidine rings is 1. The standard InChI is InChI=1S/C24H28N4OS/c1-14-2-9-20-21(22(23(25)29)30-24(20)27-14)26-11-10-15-3-5-16(6-4-15)17-12-18-7-8-19(13-17)28-18/h2-6,9,17-19,26,28H,7-8,10-13H2,1H3,(H2,25,29). The second kappa shape index (κ2) is 8.00. The lowest BCUT2D eigenvalue weighted by molar-refractivity contribution is 0.100. The van der Waals surface area contributed by atoms with E-state index in [1.807, 2.05) is 19.1 Å². The number of nitrogens with one attached hydrogen (secondary N) is 2. The van der Waals surface area contributed by atoms with Gasteiger partial charge in [-0.3, -0.25) is 4.79 Å². The van der Waals surface area contributed by atoms with Crippen molar-refractivity contribution in [3.8, 4) is 0 Å². The van der Waals surface area contributed by atoms with Gasteiger partial charge >= 0.3 is 0 Å². The third-order valence-corrected chi connectivity index (χ3v) is 7.67. The van der Waals surface area contributed by atoms with E-state index in [9.17, 15) is 4.79 Å². The van der Waals surface area contributed by atoms with E-state index in [1.54, 1.807) is 0 Å². The molecule has 2 aliphatic rings. The van der Waals surface area contributed by atoms with Crippen LogP contribution in [0.15, 0.2) is 36.4 Å². The SMILES string of the molecule is Cc1ccc2c(NCCc3ccc(C4CC5CCC(C4)N5)cc3)c(C(N)=O)sc2n1. The first kappa shape index (κ1) is 19.5. The van der Waals surface area contributed by atoms with Crippen molar-refractivity contribution in [2.45, 2.75) is 57.0 Å². The predicted octanol–water partition coefficient (Wildman–Crippen LogP) is 4.36. The Bertz CT molecular complexity index is 1060. The summed E-state index contributed by atoms with van der Waals surface area (Å²) in [5, 5.41) is 8.14. The smallest absolute Gasteiger partial charge is 0.261 e. The Hall–Kier alpha value is -2.44. The van der Waals surface area contributed by atoms with Crippen molar-refractivity contribution >= 4 is 33.1 Å². The number of rotatable bonds is 6. The molecule has 0 spiro atoms. The number of amides is 1. The molecule has 6 heteroatoms. The predicted molar refractivity (Wildman–Crippen MR) is 123 cm³/mol. The number of benzene rings is 1. The molecule has 1 amide bonds. The van der Waals surface area contributed by atoms with Gasteiger partial charge in [0.2, 0.25) is 0 Å². The van der Waals surface area contributed by atoms with Crippen molar-refractivity contribution in [1.82, 2.24) is 10.3 Å². The zero-order chi connectivity index (χ0) is 20.7. The normalized spacial score (nSPS) is 23.0. The van der Waals surface area contributed by atoms with Gasteiger partial charge in [0.05, 0.1) is 5.69 Å². The van der Waals surface area contributed by atoms with Crippen molar-refractivity contribution in [3.63, 3.8) is 0 Å². The Morgan fingerprint density at radius 3 is 2.60 bits per heavy atom. The van der Waals surface area contributed by atoms with Crippen LogP contribution in [0.25, 0.3) is 10.2 Å². The summed E-state index contributed by atoms with van der Waals surface area (Å²) >= 11 is 1.36. The highest BCUT2D eigenvalue weighted by Crippen LogP contribution is 2.37. The van der Waals surface area contributed by atoms with Crippen LogP contribution in [-0.4, -0.2) is 29.5 Å². The van der Waals surface area contributed by atoms with Crippen LogP contribution < -0.4 is 16.4 Å². The van der Waals surface area contributed by atoms with Crippen molar-refractivity contribution in [1.29, 1.82) is 0 Å². The van der Waals surface area contributed by atoms with Gasteiger partial charge in [-0.1, -0.05) is 24.3 Å². The van der Waals surface area contributed by atoms with Gasteiger partial charge in [-0.15, -0.1) is 11.3 Å². The van der Waals surface area contributed by atoms with Gasteiger partial charge in [0, 0.05) is 29.7 Å². The van der Waals surface area contributed by atoms with E-state index in [4.69, 9.17) is 5.73 Å². The molecule has 2 saturated heterocycles. The van der Waals surface area contributed by atoms with Gasteiger partial charge in [0.1, 0.15) is 9.71 Å². The highest BCUT2D eigenvalue weighted by Gasteiger charge is 2.33. The lowest BCUT2D eigenvalue weighted by Gasteiger charge is -2.29. The van der Waals surface area contributed by atoms with Crippen LogP contribution >= 0.6 is 11.3 Å². The number of fused-ring (bicyclic) bond motifs is 3.